The number of thiocarbonyl (C=S) groups is 1. The molecule has 0 aliphatic heterocycles. The van der Waals surface area contributed by atoms with Crippen molar-refractivity contribution in [1.82, 2.24) is 0 Å². The van der Waals surface area contributed by atoms with Gasteiger partial charge in [0.2, 0.25) is 0 Å². The lowest BCUT2D eigenvalue weighted by atomic mass is 10.3. The molecule has 1 rings (SSSR count). The molecule has 0 spiro atoms. The predicted octanol–water partition coefficient (Wildman–Crippen LogP) is 2.22. The van der Waals surface area contributed by atoms with Crippen molar-refractivity contribution in [3.63, 3.8) is 0 Å². The van der Waals surface area contributed by atoms with Gasteiger partial charge in [-0.3, -0.25) is 0 Å². The summed E-state index contributed by atoms with van der Waals surface area (Å²) in [7, 11) is 0. The van der Waals surface area contributed by atoms with Crippen LogP contribution in [0.3, 0.4) is 0 Å². The maximum atomic E-state index is 5.26. The van der Waals surface area contributed by atoms with Crippen molar-refractivity contribution < 1.29 is 4.74 Å². The summed E-state index contributed by atoms with van der Waals surface area (Å²) in [5.74, 6) is 0.856. The number of hydrogen-bond donors (Lipinski definition) is 0. The summed E-state index contributed by atoms with van der Waals surface area (Å²) in [5.41, 5.74) is 0. The van der Waals surface area contributed by atoms with Crippen LogP contribution in [0.5, 0.6) is 5.75 Å². The molecule has 56 valence electrons. The molecule has 0 bridgehead atoms. The first kappa shape index (κ1) is 7.99. The van der Waals surface area contributed by atoms with Gasteiger partial charge in [-0.05, 0) is 29.4 Å². The number of ether oxygens (including phenoxy) is 1. The highest BCUT2D eigenvalue weighted by atomic mass is 32.1. The molecule has 0 unspecified atom stereocenters. The lowest BCUT2D eigenvalue weighted by Crippen LogP contribution is -1.91. The van der Waals surface area contributed by atoms with Crippen molar-refractivity contribution in [3.05, 3.63) is 36.4 Å². The molecule has 0 amide bonds. The van der Waals surface area contributed by atoms with Gasteiger partial charge < -0.3 is 4.74 Å². The van der Waals surface area contributed by atoms with Crippen LogP contribution in [-0.2, 0) is 0 Å². The minimum atomic E-state index is 0.494. The van der Waals surface area contributed by atoms with Crippen molar-refractivity contribution in [2.75, 3.05) is 6.61 Å². The van der Waals surface area contributed by atoms with Crippen molar-refractivity contribution in [2.24, 2.45) is 0 Å². The Balaban J connectivity index is 2.45. The smallest absolute Gasteiger partial charge is 0.119 e. The van der Waals surface area contributed by atoms with Crippen LogP contribution in [0.25, 0.3) is 0 Å². The number of rotatable bonds is 3. The highest BCUT2D eigenvalue weighted by Gasteiger charge is 1.85. The van der Waals surface area contributed by atoms with E-state index in [4.69, 9.17) is 4.74 Å². The Morgan fingerprint density at radius 2 is 2.09 bits per heavy atom. The van der Waals surface area contributed by atoms with E-state index < -0.39 is 0 Å². The molecule has 0 aliphatic rings. The highest BCUT2D eigenvalue weighted by molar-refractivity contribution is 7.78. The Hall–Kier alpha value is -1.11. The fourth-order valence-electron chi connectivity index (χ4n) is 0.689. The average molecular weight is 164 g/mol. The normalized spacial score (nSPS) is 8.36. The van der Waals surface area contributed by atoms with Gasteiger partial charge in [0.15, 0.2) is 0 Å². The van der Waals surface area contributed by atoms with Crippen LogP contribution in [0.15, 0.2) is 36.4 Å². The summed E-state index contributed by atoms with van der Waals surface area (Å²) >= 11 is 4.48. The quantitative estimate of drug-likeness (QED) is 0.633. The first-order valence-electron chi connectivity index (χ1n) is 3.30. The summed E-state index contributed by atoms with van der Waals surface area (Å²) in [6.07, 6.45) is 1.67. The molecule has 0 saturated heterocycles. The Labute approximate surface area is 71.3 Å². The third kappa shape index (κ3) is 2.99. The first-order valence-corrected chi connectivity index (χ1v) is 3.71. The molecular formula is C9H8OS. The molecule has 0 N–H and O–H groups in total. The second-order valence-corrected chi connectivity index (χ2v) is 2.18. The standard InChI is InChI=1S/C9H8OS/c11-8-4-7-10-9-5-2-1-3-6-9/h1-6H,7H2. The molecular weight excluding hydrogens is 156 g/mol. The minimum Gasteiger partial charge on any atom is -0.489 e. The maximum absolute atomic E-state index is 5.26. The van der Waals surface area contributed by atoms with Crippen LogP contribution >= 0.6 is 12.2 Å². The zero-order chi connectivity index (χ0) is 7.94. The molecule has 1 aromatic carbocycles. The van der Waals surface area contributed by atoms with E-state index >= 15 is 0 Å². The van der Waals surface area contributed by atoms with Crippen molar-refractivity contribution in [3.8, 4) is 5.75 Å². The Bertz CT molecular complexity index is 250. The molecule has 0 fully saturated rings. The third-order valence-corrected chi connectivity index (χ3v) is 1.33. The van der Waals surface area contributed by atoms with E-state index in [0.717, 1.165) is 5.75 Å². The molecule has 11 heavy (non-hydrogen) atoms. The summed E-state index contributed by atoms with van der Waals surface area (Å²) in [6, 6.07) is 9.60. The monoisotopic (exact) mass is 164 g/mol. The molecule has 1 nitrogen and oxygen atoms in total. The summed E-state index contributed by atoms with van der Waals surface area (Å²) < 4.78 is 5.26. The zero-order valence-corrected chi connectivity index (χ0v) is 6.80. The van der Waals surface area contributed by atoms with E-state index in [1.807, 2.05) is 30.3 Å². The highest BCUT2D eigenvalue weighted by Crippen LogP contribution is 2.07. The van der Waals surface area contributed by atoms with Gasteiger partial charge in [-0.15, -0.1) is 0 Å². The summed E-state index contributed by atoms with van der Waals surface area (Å²) in [4.78, 5) is 0. The van der Waals surface area contributed by atoms with Gasteiger partial charge in [0.1, 0.15) is 12.4 Å². The molecule has 0 aromatic heterocycles. The van der Waals surface area contributed by atoms with Gasteiger partial charge in [0.25, 0.3) is 0 Å². The molecule has 0 saturated carbocycles. The summed E-state index contributed by atoms with van der Waals surface area (Å²) in [5, 5.41) is 2.47. The van der Waals surface area contributed by atoms with E-state index in [9.17, 15) is 0 Å². The number of para-hydroxylation sites is 1. The first-order chi connectivity index (χ1) is 5.43. The van der Waals surface area contributed by atoms with Crippen LogP contribution in [0, 0.1) is 0 Å². The Morgan fingerprint density at radius 3 is 2.73 bits per heavy atom. The molecule has 0 radical (unpaired) electrons. The lowest BCUT2D eigenvalue weighted by Gasteiger charge is -1.99. The fraction of sp³-hybridized carbons (Fsp3) is 0.111. The number of benzene rings is 1. The van der Waals surface area contributed by atoms with Crippen molar-refractivity contribution >= 4 is 17.2 Å². The van der Waals surface area contributed by atoms with Crippen LogP contribution in [0.2, 0.25) is 0 Å². The van der Waals surface area contributed by atoms with Gasteiger partial charge in [-0.1, -0.05) is 18.2 Å². The van der Waals surface area contributed by atoms with Gasteiger partial charge in [-0.25, -0.2) is 0 Å². The van der Waals surface area contributed by atoms with E-state index in [1.165, 1.54) is 0 Å². The van der Waals surface area contributed by atoms with E-state index in [0.29, 0.717) is 6.61 Å². The third-order valence-electron chi connectivity index (χ3n) is 1.16. The molecule has 0 heterocycles. The molecule has 0 atom stereocenters. The van der Waals surface area contributed by atoms with Crippen LogP contribution in [-0.4, -0.2) is 11.6 Å². The zero-order valence-electron chi connectivity index (χ0n) is 5.99. The number of hydrogen-bond acceptors (Lipinski definition) is 2. The second-order valence-electron chi connectivity index (χ2n) is 1.95. The van der Waals surface area contributed by atoms with Gasteiger partial charge in [0, 0.05) is 6.08 Å². The molecule has 2 heteroatoms. The van der Waals surface area contributed by atoms with Crippen LogP contribution < -0.4 is 4.74 Å². The Kier molecular flexibility index (Phi) is 3.39. The van der Waals surface area contributed by atoms with Gasteiger partial charge in [-0.2, -0.15) is 0 Å². The SMILES string of the molecule is S=C=CCOc1ccccc1. The minimum absolute atomic E-state index is 0.494. The van der Waals surface area contributed by atoms with Crippen LogP contribution in [0.1, 0.15) is 0 Å². The van der Waals surface area contributed by atoms with Gasteiger partial charge in [0.05, 0.1) is 0 Å². The summed E-state index contributed by atoms with van der Waals surface area (Å²) in [6.45, 7) is 0.494. The van der Waals surface area contributed by atoms with Crippen molar-refractivity contribution in [2.45, 2.75) is 0 Å². The maximum Gasteiger partial charge on any atom is 0.119 e. The van der Waals surface area contributed by atoms with E-state index in [1.54, 1.807) is 6.08 Å². The predicted molar refractivity (Wildman–Crippen MR) is 49.1 cm³/mol. The topological polar surface area (TPSA) is 9.23 Å². The fourth-order valence-corrected chi connectivity index (χ4v) is 0.757. The largest absolute Gasteiger partial charge is 0.489 e. The Morgan fingerprint density at radius 1 is 1.36 bits per heavy atom. The lowest BCUT2D eigenvalue weighted by molar-refractivity contribution is 0.364. The van der Waals surface area contributed by atoms with Crippen LogP contribution in [0.4, 0.5) is 0 Å². The van der Waals surface area contributed by atoms with E-state index in [-0.39, 0.29) is 0 Å². The van der Waals surface area contributed by atoms with Crippen molar-refractivity contribution in [1.29, 1.82) is 0 Å². The average Bonchev–Trinajstić information content (AvgIpc) is 2.07. The van der Waals surface area contributed by atoms with E-state index in [2.05, 4.69) is 17.2 Å². The second kappa shape index (κ2) is 4.67. The van der Waals surface area contributed by atoms with Gasteiger partial charge >= 0.3 is 0 Å². The molecule has 0 aliphatic carbocycles. The molecule has 1 aromatic rings.